The summed E-state index contributed by atoms with van der Waals surface area (Å²) in [7, 11) is 1.55. The van der Waals surface area contributed by atoms with Crippen LogP contribution in [-0.2, 0) is 28.5 Å². The Kier molecular flexibility index (Phi) is 2.69. The first-order chi connectivity index (χ1) is 9.15. The van der Waals surface area contributed by atoms with Crippen LogP contribution < -0.4 is 0 Å². The third-order valence-corrected chi connectivity index (χ3v) is 22.9. The van der Waals surface area contributed by atoms with Gasteiger partial charge in [0.2, 0.25) is 0 Å². The summed E-state index contributed by atoms with van der Waals surface area (Å²) < 4.78 is 13.5. The molecule has 20 heavy (non-hydrogen) atoms. The molecule has 108 valence electrons. The summed E-state index contributed by atoms with van der Waals surface area (Å²) in [5.41, 5.74) is 0. The summed E-state index contributed by atoms with van der Waals surface area (Å²) in [4.78, 5) is 22.7. The molecule has 0 aliphatic heterocycles. The van der Waals surface area contributed by atoms with Gasteiger partial charge in [0, 0.05) is 0 Å². The van der Waals surface area contributed by atoms with Crippen LogP contribution in [0.3, 0.4) is 0 Å². The Balaban J connectivity index is 2.94. The molecule has 0 aromatic rings. The van der Waals surface area contributed by atoms with Crippen molar-refractivity contribution < 1.29 is 28.5 Å². The van der Waals surface area contributed by atoms with E-state index in [1.54, 1.807) is 7.63 Å². The van der Waals surface area contributed by atoms with Crippen molar-refractivity contribution in [2.75, 3.05) is 0 Å². The summed E-state index contributed by atoms with van der Waals surface area (Å²) in [5.74, 6) is 0. The van der Waals surface area contributed by atoms with Crippen LogP contribution in [0.25, 0.3) is 0 Å². The van der Waals surface area contributed by atoms with Crippen LogP contribution in [0.5, 0.6) is 0 Å². The Bertz CT molecular complexity index is 685. The maximum absolute atomic E-state index is 11.4. The van der Waals surface area contributed by atoms with Crippen LogP contribution in [0, 0.1) is 0 Å². The third-order valence-electron chi connectivity index (χ3n) is 5.19. The first-order valence-electron chi connectivity index (χ1n) is 6.64. The average molecular weight is 328 g/mol. The van der Waals surface area contributed by atoms with Gasteiger partial charge in [0.1, 0.15) is 0 Å². The second-order valence-electron chi connectivity index (χ2n) is 7.36. The molecule has 2 rings (SSSR count). The van der Waals surface area contributed by atoms with E-state index in [9.17, 15) is 9.59 Å². The quantitative estimate of drug-likeness (QED) is 0.554. The van der Waals surface area contributed by atoms with Gasteiger partial charge in [-0.05, 0) is 0 Å². The monoisotopic (exact) mass is 328 g/mol. The molecule has 0 fully saturated rings. The number of rotatable bonds is 6. The van der Waals surface area contributed by atoms with Crippen molar-refractivity contribution in [2.24, 2.45) is 0 Å². The van der Waals surface area contributed by atoms with Gasteiger partial charge < -0.3 is 0 Å². The molecule has 4 nitrogen and oxygen atoms in total. The summed E-state index contributed by atoms with van der Waals surface area (Å²) in [5, 5.41) is 3.69. The molecule has 0 bridgehead atoms. The van der Waals surface area contributed by atoms with Crippen molar-refractivity contribution in [1.29, 1.82) is 0 Å². The predicted molar refractivity (Wildman–Crippen MR) is 78.3 cm³/mol. The first-order valence-corrected chi connectivity index (χ1v) is 16.6. The van der Waals surface area contributed by atoms with Crippen molar-refractivity contribution >= 4 is 20.6 Å². The van der Waals surface area contributed by atoms with E-state index in [0.717, 1.165) is 7.76 Å². The molecule has 6 heteroatoms. The Morgan fingerprint density at radius 2 is 1.40 bits per heavy atom. The summed E-state index contributed by atoms with van der Waals surface area (Å²) in [6, 6.07) is 0. The summed E-state index contributed by atoms with van der Waals surface area (Å²) in [6.07, 6.45) is 12.8. The fourth-order valence-corrected chi connectivity index (χ4v) is 14.3. The minimum atomic E-state index is -5.57. The van der Waals surface area contributed by atoms with Crippen LogP contribution in [0.4, 0.5) is 0 Å². The molecular weight excluding hydrogens is 308 g/mol. The minimum absolute atomic E-state index is 0.421. The molecule has 2 aliphatic carbocycles. The normalized spacial score (nSPS) is 22.8. The van der Waals surface area contributed by atoms with Crippen molar-refractivity contribution in [1.82, 2.24) is 0 Å². The van der Waals surface area contributed by atoms with Gasteiger partial charge in [0.25, 0.3) is 0 Å². The Labute approximate surface area is 116 Å². The Hall–Kier alpha value is -1.17. The van der Waals surface area contributed by atoms with Gasteiger partial charge in [-0.15, -0.1) is 0 Å². The van der Waals surface area contributed by atoms with E-state index in [2.05, 4.69) is 0 Å². The molecule has 0 aromatic carbocycles. The molecular formula is C14H20O4SiTi. The number of hydrogen-bond donors (Lipinski definition) is 0. The number of carbonyl (C=O) groups is 2. The van der Waals surface area contributed by atoms with Gasteiger partial charge in [0.05, 0.1) is 0 Å². The fraction of sp³-hybridized carbons (Fsp3) is 0.286. The van der Waals surface area contributed by atoms with Gasteiger partial charge in [-0.2, -0.15) is 0 Å². The average Bonchev–Trinajstić information content (AvgIpc) is 3.05. The van der Waals surface area contributed by atoms with Crippen LogP contribution in [0.15, 0.2) is 44.2 Å². The second-order valence-corrected chi connectivity index (χ2v) is 34.6. The zero-order valence-electron chi connectivity index (χ0n) is 11.9. The maximum atomic E-state index is 11.4. The van der Waals surface area contributed by atoms with Crippen molar-refractivity contribution in [3.8, 4) is 0 Å². The predicted octanol–water partition coefficient (Wildman–Crippen LogP) is 2.26. The molecule has 0 saturated carbocycles. The van der Waals surface area contributed by atoms with Gasteiger partial charge in [-0.25, -0.2) is 0 Å². The molecule has 0 amide bonds. The standard InChI is InChI=1S/2C5H5.2CH2O2.2CH3.H2Si.Ti/c2*1-2-4-5-3-1;2*2-1-3;;;;/h2*1-3H,4H2;2*1H,(H,2,3);2*1H3;1H2;/q;;;;;;;+2/p-2. The fourth-order valence-electron chi connectivity index (χ4n) is 3.32. The number of allylic oxidation sites excluding steroid dienone is 8. The zero-order valence-corrected chi connectivity index (χ0v) is 14.8. The van der Waals surface area contributed by atoms with Crippen molar-refractivity contribution in [2.45, 2.75) is 23.3 Å². The Morgan fingerprint density at radius 3 is 1.65 bits per heavy atom. The van der Waals surface area contributed by atoms with E-state index in [1.807, 2.05) is 46.9 Å². The Morgan fingerprint density at radius 1 is 1.00 bits per heavy atom. The molecule has 0 saturated heterocycles. The molecule has 2 aliphatic rings. The van der Waals surface area contributed by atoms with Crippen LogP contribution in [0.1, 0.15) is 12.8 Å². The van der Waals surface area contributed by atoms with E-state index < -0.39 is 12.3 Å². The van der Waals surface area contributed by atoms with E-state index in [1.165, 1.54) is 0 Å². The molecule has 0 heterocycles. The third kappa shape index (κ3) is 1.63. The van der Waals surface area contributed by atoms with Crippen LogP contribution >= 0.6 is 0 Å². The van der Waals surface area contributed by atoms with Crippen LogP contribution in [0.2, 0.25) is 10.5 Å². The molecule has 0 unspecified atom stereocenters. The van der Waals surface area contributed by atoms with E-state index >= 15 is 0 Å². The SMILES string of the molecule is [CH3][Ti]([CH3])(=[SiH2])([O]C=O)([O]C=O)([C]1=CC=CC1)[C]1=CC=CC1. The van der Waals surface area contributed by atoms with E-state index in [4.69, 9.17) is 6.64 Å². The van der Waals surface area contributed by atoms with Crippen molar-refractivity contribution in [3.05, 3.63) is 44.2 Å². The van der Waals surface area contributed by atoms with Gasteiger partial charge in [0.15, 0.2) is 0 Å². The van der Waals surface area contributed by atoms with E-state index in [0.29, 0.717) is 25.8 Å². The zero-order chi connectivity index (χ0) is 15.0. The second kappa shape index (κ2) is 3.53. The molecule has 0 spiro atoms. The molecule has 0 atom stereocenters. The summed E-state index contributed by atoms with van der Waals surface area (Å²) in [6.45, 7) is 0.843. The number of carbonyl (C=O) groups excluding carboxylic acids is 2. The topological polar surface area (TPSA) is 52.6 Å². The van der Waals surface area contributed by atoms with Gasteiger partial charge in [-0.1, -0.05) is 0 Å². The van der Waals surface area contributed by atoms with Gasteiger partial charge >= 0.3 is 117 Å². The van der Waals surface area contributed by atoms with E-state index in [-0.39, 0.29) is 0 Å². The molecule has 0 N–H and O–H groups in total. The van der Waals surface area contributed by atoms with Crippen LogP contribution in [-0.4, -0.2) is 20.6 Å². The summed E-state index contributed by atoms with van der Waals surface area (Å²) >= 11 is -5.57. The molecule has 0 radical (unpaired) electrons. The number of hydrogen-bond acceptors (Lipinski definition) is 4. The van der Waals surface area contributed by atoms with Gasteiger partial charge in [-0.3, -0.25) is 0 Å². The molecule has 0 aromatic heterocycles. The first kappa shape index (κ1) is 15.2. The van der Waals surface area contributed by atoms with Crippen molar-refractivity contribution in [3.63, 3.8) is 0 Å².